The summed E-state index contributed by atoms with van der Waals surface area (Å²) in [6.07, 6.45) is 8.07. The number of nitrogens with zero attached hydrogens (tertiary/aromatic N) is 4. The topological polar surface area (TPSA) is 26.1 Å². The van der Waals surface area contributed by atoms with Crippen molar-refractivity contribution >= 4 is 16.3 Å². The van der Waals surface area contributed by atoms with Crippen LogP contribution in [-0.4, -0.2) is 14.0 Å². The van der Waals surface area contributed by atoms with Crippen LogP contribution in [0.3, 0.4) is 0 Å². The summed E-state index contributed by atoms with van der Waals surface area (Å²) in [5, 5.41) is 2.50. The van der Waals surface area contributed by atoms with Gasteiger partial charge in [0.25, 0.3) is 5.82 Å². The smallest absolute Gasteiger partial charge is 0.289 e. The Hall–Kier alpha value is -2.62. The summed E-state index contributed by atoms with van der Waals surface area (Å²) < 4.78 is 6.53. The van der Waals surface area contributed by atoms with Crippen LogP contribution < -0.4 is 4.57 Å². The summed E-state index contributed by atoms with van der Waals surface area (Å²) >= 11 is 0. The van der Waals surface area contributed by atoms with Gasteiger partial charge >= 0.3 is 0 Å². The van der Waals surface area contributed by atoms with E-state index in [0.717, 1.165) is 5.52 Å². The fraction of sp³-hybridized carbons (Fsp3) is 0.222. The summed E-state index contributed by atoms with van der Waals surface area (Å²) in [6.45, 7) is 4.32. The van der Waals surface area contributed by atoms with Crippen molar-refractivity contribution in [2.24, 2.45) is 14.1 Å². The van der Waals surface area contributed by atoms with Crippen LogP contribution in [0.25, 0.3) is 27.7 Å². The first kappa shape index (κ1) is 13.1. The van der Waals surface area contributed by atoms with Crippen LogP contribution in [-0.2, 0) is 14.1 Å². The molecule has 110 valence electrons. The molecule has 0 aliphatic carbocycles. The van der Waals surface area contributed by atoms with Crippen molar-refractivity contribution in [1.82, 2.24) is 14.0 Å². The van der Waals surface area contributed by atoms with Crippen molar-refractivity contribution in [3.8, 4) is 11.4 Å². The van der Waals surface area contributed by atoms with Gasteiger partial charge in [0.2, 0.25) is 0 Å². The zero-order chi connectivity index (χ0) is 15.4. The lowest BCUT2D eigenvalue weighted by atomic mass is 10.00. The van der Waals surface area contributed by atoms with Gasteiger partial charge in [-0.15, -0.1) is 0 Å². The van der Waals surface area contributed by atoms with Gasteiger partial charge in [-0.05, 0) is 23.9 Å². The maximum atomic E-state index is 4.24. The molecule has 4 heteroatoms. The van der Waals surface area contributed by atoms with Gasteiger partial charge in [0.1, 0.15) is 11.9 Å². The molecule has 22 heavy (non-hydrogen) atoms. The number of fused-ring (bicyclic) bond motifs is 2. The first-order chi connectivity index (χ1) is 10.6. The van der Waals surface area contributed by atoms with Crippen LogP contribution in [0.1, 0.15) is 11.3 Å². The van der Waals surface area contributed by atoms with E-state index in [1.807, 2.05) is 12.5 Å². The quantitative estimate of drug-likeness (QED) is 0.495. The first-order valence-corrected chi connectivity index (χ1v) is 7.43. The highest BCUT2D eigenvalue weighted by atomic mass is 15.1. The fourth-order valence-corrected chi connectivity index (χ4v) is 3.32. The third kappa shape index (κ3) is 1.70. The molecular formula is C18H19N4+. The standard InChI is InChI=1S/C18H19N4/c1-12-5-6-14-10-22-11-19-8-15(22)7-16(14)17(12)18-20(3)9-13(2)21(18)4/h5-11H,1-4H3/q+1. The summed E-state index contributed by atoms with van der Waals surface area (Å²) in [6, 6.07) is 6.61. The van der Waals surface area contributed by atoms with Gasteiger partial charge in [0.05, 0.1) is 37.7 Å². The molecule has 1 aromatic carbocycles. The normalized spacial score (nSPS) is 11.6. The molecule has 0 atom stereocenters. The lowest BCUT2D eigenvalue weighted by molar-refractivity contribution is -0.659. The minimum absolute atomic E-state index is 1.12. The zero-order valence-corrected chi connectivity index (χ0v) is 13.3. The number of aromatic nitrogens is 4. The van der Waals surface area contributed by atoms with Crippen molar-refractivity contribution in [1.29, 1.82) is 0 Å². The van der Waals surface area contributed by atoms with Crippen LogP contribution >= 0.6 is 0 Å². The Labute approximate surface area is 129 Å². The largest absolute Gasteiger partial charge is 0.306 e. The molecule has 0 N–H and O–H groups in total. The molecular weight excluding hydrogens is 272 g/mol. The molecule has 0 fully saturated rings. The van der Waals surface area contributed by atoms with Crippen molar-refractivity contribution in [3.63, 3.8) is 0 Å². The summed E-state index contributed by atoms with van der Waals surface area (Å²) in [5.74, 6) is 1.23. The van der Waals surface area contributed by atoms with E-state index in [2.05, 4.69) is 77.1 Å². The molecule has 3 heterocycles. The lowest BCUT2D eigenvalue weighted by Gasteiger charge is -2.09. The average Bonchev–Trinajstić information content (AvgIpc) is 3.03. The molecule has 4 aromatic rings. The van der Waals surface area contributed by atoms with E-state index in [9.17, 15) is 0 Å². The van der Waals surface area contributed by atoms with Crippen LogP contribution in [0.5, 0.6) is 0 Å². The van der Waals surface area contributed by atoms with E-state index in [1.165, 1.54) is 33.4 Å². The molecule has 3 aromatic heterocycles. The summed E-state index contributed by atoms with van der Waals surface area (Å²) in [4.78, 5) is 4.24. The minimum atomic E-state index is 1.12. The molecule has 0 saturated heterocycles. The Bertz CT molecular complexity index is 1020. The summed E-state index contributed by atoms with van der Waals surface area (Å²) in [7, 11) is 4.23. The number of imidazole rings is 2. The third-order valence-corrected chi connectivity index (χ3v) is 4.54. The van der Waals surface area contributed by atoms with Crippen molar-refractivity contribution < 1.29 is 4.57 Å². The monoisotopic (exact) mass is 291 g/mol. The lowest BCUT2D eigenvalue weighted by Crippen LogP contribution is -2.29. The first-order valence-electron chi connectivity index (χ1n) is 7.43. The van der Waals surface area contributed by atoms with E-state index < -0.39 is 0 Å². The van der Waals surface area contributed by atoms with E-state index in [1.54, 1.807) is 0 Å². The van der Waals surface area contributed by atoms with Gasteiger partial charge in [-0.1, -0.05) is 12.1 Å². The van der Waals surface area contributed by atoms with Crippen LogP contribution in [0.15, 0.2) is 43.1 Å². The Morgan fingerprint density at radius 3 is 2.73 bits per heavy atom. The maximum Gasteiger partial charge on any atom is 0.289 e. The fourth-order valence-electron chi connectivity index (χ4n) is 3.32. The molecule has 0 saturated carbocycles. The van der Waals surface area contributed by atoms with Gasteiger partial charge in [0.15, 0.2) is 0 Å². The number of pyridine rings is 1. The molecule has 4 nitrogen and oxygen atoms in total. The zero-order valence-electron chi connectivity index (χ0n) is 13.3. The van der Waals surface area contributed by atoms with Crippen LogP contribution in [0, 0.1) is 13.8 Å². The van der Waals surface area contributed by atoms with Gasteiger partial charge in [-0.3, -0.25) is 0 Å². The van der Waals surface area contributed by atoms with Crippen molar-refractivity contribution in [2.45, 2.75) is 13.8 Å². The molecule has 0 spiro atoms. The van der Waals surface area contributed by atoms with Crippen LogP contribution in [0.2, 0.25) is 0 Å². The minimum Gasteiger partial charge on any atom is -0.306 e. The number of rotatable bonds is 1. The van der Waals surface area contributed by atoms with Gasteiger partial charge in [0, 0.05) is 18.5 Å². The molecule has 0 aliphatic heterocycles. The maximum absolute atomic E-state index is 4.24. The number of aryl methyl sites for hydroxylation is 3. The molecule has 4 rings (SSSR count). The van der Waals surface area contributed by atoms with E-state index in [0.29, 0.717) is 0 Å². The average molecular weight is 291 g/mol. The molecule has 0 aliphatic rings. The van der Waals surface area contributed by atoms with Gasteiger partial charge < -0.3 is 4.40 Å². The molecule has 0 bridgehead atoms. The second kappa shape index (κ2) is 4.44. The highest BCUT2D eigenvalue weighted by molar-refractivity contribution is 5.98. The number of hydrogen-bond donors (Lipinski definition) is 0. The van der Waals surface area contributed by atoms with E-state index in [-0.39, 0.29) is 0 Å². The molecule has 0 radical (unpaired) electrons. The van der Waals surface area contributed by atoms with Crippen LogP contribution in [0.4, 0.5) is 0 Å². The molecule has 0 amide bonds. The van der Waals surface area contributed by atoms with Crippen molar-refractivity contribution in [3.05, 3.63) is 54.4 Å². The highest BCUT2D eigenvalue weighted by Crippen LogP contribution is 2.31. The number of hydrogen-bond acceptors (Lipinski definition) is 1. The predicted molar refractivity (Wildman–Crippen MR) is 87.8 cm³/mol. The molecule has 0 unspecified atom stereocenters. The van der Waals surface area contributed by atoms with Crippen molar-refractivity contribution in [2.75, 3.05) is 0 Å². The summed E-state index contributed by atoms with van der Waals surface area (Å²) in [5.41, 5.74) is 4.94. The Kier molecular flexibility index (Phi) is 2.64. The number of benzene rings is 1. The SMILES string of the molecule is Cc1ccc2cn3cncc3cc2c1-c1n(C)c(C)c[n+]1C. The predicted octanol–water partition coefficient (Wildman–Crippen LogP) is 2.93. The Morgan fingerprint density at radius 2 is 2.00 bits per heavy atom. The second-order valence-electron chi connectivity index (χ2n) is 6.02. The van der Waals surface area contributed by atoms with E-state index in [4.69, 9.17) is 0 Å². The van der Waals surface area contributed by atoms with E-state index >= 15 is 0 Å². The Balaban J connectivity index is 2.17. The Morgan fingerprint density at radius 1 is 1.18 bits per heavy atom. The van der Waals surface area contributed by atoms with Gasteiger partial charge in [-0.2, -0.15) is 0 Å². The second-order valence-corrected chi connectivity index (χ2v) is 6.02. The third-order valence-electron chi connectivity index (χ3n) is 4.54. The highest BCUT2D eigenvalue weighted by Gasteiger charge is 2.22. The van der Waals surface area contributed by atoms with Gasteiger partial charge in [-0.25, -0.2) is 14.1 Å².